The summed E-state index contributed by atoms with van der Waals surface area (Å²) in [7, 11) is 0. The zero-order chi connectivity index (χ0) is 16.8. The fourth-order valence-corrected chi connectivity index (χ4v) is 1.73. The van der Waals surface area contributed by atoms with Crippen molar-refractivity contribution in [1.82, 2.24) is 15.5 Å². The number of carbonyl (C=O) groups is 1. The second kappa shape index (κ2) is 7.52. The normalized spacial score (nSPS) is 10.7. The number of anilines is 1. The van der Waals surface area contributed by atoms with Crippen LogP contribution in [0.1, 0.15) is 17.3 Å². The number of nitrogens with one attached hydrogen (secondary N) is 2. The number of benzene rings is 1. The summed E-state index contributed by atoms with van der Waals surface area (Å²) in [5.74, 6) is 1.04. The maximum Gasteiger partial charge on any atom is 0.319 e. The third-order valence-corrected chi connectivity index (χ3v) is 2.78. The monoisotopic (exact) mass is 326 g/mol. The molecule has 0 atom stereocenters. The zero-order valence-corrected chi connectivity index (χ0v) is 12.6. The van der Waals surface area contributed by atoms with Gasteiger partial charge in [0.05, 0.1) is 6.54 Å². The van der Waals surface area contributed by atoms with Gasteiger partial charge in [0.25, 0.3) is 6.43 Å². The quantitative estimate of drug-likeness (QED) is 0.852. The molecule has 7 nitrogen and oxygen atoms in total. The van der Waals surface area contributed by atoms with E-state index in [1.165, 1.54) is 6.07 Å². The highest BCUT2D eigenvalue weighted by Gasteiger charge is 2.09. The van der Waals surface area contributed by atoms with Gasteiger partial charge in [-0.25, -0.2) is 13.6 Å². The van der Waals surface area contributed by atoms with Crippen LogP contribution in [0.3, 0.4) is 0 Å². The molecule has 1 heterocycles. The van der Waals surface area contributed by atoms with Gasteiger partial charge < -0.3 is 19.9 Å². The third kappa shape index (κ3) is 5.20. The van der Waals surface area contributed by atoms with Crippen LogP contribution in [0.4, 0.5) is 19.3 Å². The lowest BCUT2D eigenvalue weighted by atomic mass is 10.2. The minimum Gasteiger partial charge on any atom is -0.487 e. The number of halogens is 2. The molecule has 124 valence electrons. The predicted octanol–water partition coefficient (Wildman–Crippen LogP) is 2.65. The minimum atomic E-state index is -2.56. The Kier molecular flexibility index (Phi) is 5.45. The molecule has 0 aliphatic rings. The van der Waals surface area contributed by atoms with Gasteiger partial charge in [-0.15, -0.1) is 0 Å². The summed E-state index contributed by atoms with van der Waals surface area (Å²) in [5.41, 5.74) is 1.11. The molecule has 0 aliphatic carbocycles. The molecule has 0 radical (unpaired) electrons. The molecule has 1 aromatic heterocycles. The number of urea groups is 1. The summed E-state index contributed by atoms with van der Waals surface area (Å²) < 4.78 is 34.3. The molecule has 0 saturated carbocycles. The number of alkyl halides is 2. The lowest BCUT2D eigenvalue weighted by Gasteiger charge is -2.11. The lowest BCUT2D eigenvalue weighted by molar-refractivity contribution is 0.0816. The number of ether oxygens (including phenoxy) is 1. The number of nitrogens with zero attached hydrogens (tertiary/aromatic N) is 2. The van der Waals surface area contributed by atoms with Crippen LogP contribution < -0.4 is 15.4 Å². The summed E-state index contributed by atoms with van der Waals surface area (Å²) in [6.45, 7) is 2.77. The van der Waals surface area contributed by atoms with Crippen LogP contribution in [-0.2, 0) is 6.54 Å². The van der Waals surface area contributed by atoms with Crippen LogP contribution in [0.25, 0.3) is 0 Å². The van der Waals surface area contributed by atoms with Crippen molar-refractivity contribution >= 4 is 11.7 Å². The van der Waals surface area contributed by atoms with Crippen molar-refractivity contribution in [3.05, 3.63) is 35.5 Å². The van der Waals surface area contributed by atoms with Crippen molar-refractivity contribution in [1.29, 1.82) is 0 Å². The Morgan fingerprint density at radius 2 is 2.17 bits per heavy atom. The largest absolute Gasteiger partial charge is 0.487 e. The first kappa shape index (κ1) is 16.7. The molecule has 0 aliphatic heterocycles. The highest BCUT2D eigenvalue weighted by Crippen LogP contribution is 2.23. The van der Waals surface area contributed by atoms with Crippen molar-refractivity contribution in [2.45, 2.75) is 26.8 Å². The average Bonchev–Trinajstić information content (AvgIpc) is 2.91. The van der Waals surface area contributed by atoms with Crippen molar-refractivity contribution in [3.8, 4) is 5.75 Å². The Morgan fingerprint density at radius 1 is 1.39 bits per heavy atom. The molecule has 9 heteroatoms. The molecule has 2 rings (SSSR count). The second-order valence-corrected chi connectivity index (χ2v) is 4.73. The van der Waals surface area contributed by atoms with E-state index in [0.29, 0.717) is 17.1 Å². The fourth-order valence-electron chi connectivity index (χ4n) is 1.73. The van der Waals surface area contributed by atoms with Gasteiger partial charge in [-0.05, 0) is 25.5 Å². The van der Waals surface area contributed by atoms with Crippen LogP contribution in [0.2, 0.25) is 0 Å². The van der Waals surface area contributed by atoms with E-state index in [4.69, 9.17) is 9.26 Å². The number of hydrogen-bond donors (Lipinski definition) is 2. The molecular weight excluding hydrogens is 310 g/mol. The molecule has 2 aromatic rings. The van der Waals surface area contributed by atoms with Gasteiger partial charge >= 0.3 is 6.03 Å². The van der Waals surface area contributed by atoms with E-state index in [1.807, 2.05) is 0 Å². The summed E-state index contributed by atoms with van der Waals surface area (Å²) >= 11 is 0. The molecule has 0 unspecified atom stereocenters. The molecule has 2 N–H and O–H groups in total. The Balaban J connectivity index is 1.91. The maximum absolute atomic E-state index is 12.2. The van der Waals surface area contributed by atoms with Crippen LogP contribution in [0, 0.1) is 13.8 Å². The van der Waals surface area contributed by atoms with Crippen LogP contribution in [0.5, 0.6) is 5.75 Å². The molecule has 0 saturated heterocycles. The van der Waals surface area contributed by atoms with Crippen molar-refractivity contribution in [3.63, 3.8) is 0 Å². The van der Waals surface area contributed by atoms with Crippen molar-refractivity contribution < 1.29 is 22.8 Å². The Morgan fingerprint density at radius 3 is 2.83 bits per heavy atom. The van der Waals surface area contributed by atoms with Crippen LogP contribution in [0.15, 0.2) is 22.7 Å². The molecule has 0 fully saturated rings. The first-order valence-corrected chi connectivity index (χ1v) is 6.79. The number of carbonyl (C=O) groups excluding carboxylic acids is 1. The van der Waals surface area contributed by atoms with Gasteiger partial charge in [0.1, 0.15) is 12.4 Å². The standard InChI is InChI=1S/C14H16F2N4O3/c1-8-3-4-10(5-11(8)22-7-12(15)16)19-14(21)17-6-13-18-9(2)20-23-13/h3-5,12H,6-7H2,1-2H3,(H2,17,19,21). The lowest BCUT2D eigenvalue weighted by Crippen LogP contribution is -2.28. The summed E-state index contributed by atoms with van der Waals surface area (Å²) in [6, 6.07) is 4.29. The number of hydrogen-bond acceptors (Lipinski definition) is 5. The van der Waals surface area contributed by atoms with E-state index < -0.39 is 19.1 Å². The van der Waals surface area contributed by atoms with E-state index in [-0.39, 0.29) is 18.2 Å². The maximum atomic E-state index is 12.2. The Hall–Kier alpha value is -2.71. The average molecular weight is 326 g/mol. The predicted molar refractivity (Wildman–Crippen MR) is 77.6 cm³/mol. The molecule has 2 amide bonds. The highest BCUT2D eigenvalue weighted by atomic mass is 19.3. The van der Waals surface area contributed by atoms with Gasteiger partial charge in [-0.2, -0.15) is 4.98 Å². The molecule has 1 aromatic carbocycles. The first-order valence-electron chi connectivity index (χ1n) is 6.79. The second-order valence-electron chi connectivity index (χ2n) is 4.73. The highest BCUT2D eigenvalue weighted by molar-refractivity contribution is 5.89. The fraction of sp³-hybridized carbons (Fsp3) is 0.357. The smallest absolute Gasteiger partial charge is 0.319 e. The SMILES string of the molecule is Cc1noc(CNC(=O)Nc2ccc(C)c(OCC(F)F)c2)n1. The van der Waals surface area contributed by atoms with E-state index in [2.05, 4.69) is 20.8 Å². The number of aryl methyl sites for hydroxylation is 2. The van der Waals surface area contributed by atoms with Gasteiger partial charge in [0, 0.05) is 11.8 Å². The van der Waals surface area contributed by atoms with E-state index >= 15 is 0 Å². The minimum absolute atomic E-state index is 0.0767. The summed E-state index contributed by atoms with van der Waals surface area (Å²) in [6.07, 6.45) is -2.56. The summed E-state index contributed by atoms with van der Waals surface area (Å²) in [5, 5.41) is 8.70. The molecule has 0 bridgehead atoms. The van der Waals surface area contributed by atoms with Crippen LogP contribution >= 0.6 is 0 Å². The Bertz CT molecular complexity index is 676. The third-order valence-electron chi connectivity index (χ3n) is 2.78. The first-order chi connectivity index (χ1) is 10.9. The van der Waals surface area contributed by atoms with Gasteiger partial charge in [0.2, 0.25) is 5.89 Å². The Labute approximate surface area is 131 Å². The topological polar surface area (TPSA) is 89.3 Å². The van der Waals surface area contributed by atoms with E-state index in [0.717, 1.165) is 0 Å². The van der Waals surface area contributed by atoms with Crippen molar-refractivity contribution in [2.24, 2.45) is 0 Å². The van der Waals surface area contributed by atoms with Crippen LogP contribution in [-0.4, -0.2) is 29.2 Å². The van der Waals surface area contributed by atoms with Gasteiger partial charge in [-0.1, -0.05) is 11.2 Å². The number of amides is 2. The van der Waals surface area contributed by atoms with E-state index in [9.17, 15) is 13.6 Å². The summed E-state index contributed by atoms with van der Waals surface area (Å²) in [4.78, 5) is 15.7. The van der Waals surface area contributed by atoms with Gasteiger partial charge in [0.15, 0.2) is 5.82 Å². The van der Waals surface area contributed by atoms with E-state index in [1.54, 1.807) is 26.0 Å². The molecule has 23 heavy (non-hydrogen) atoms. The zero-order valence-electron chi connectivity index (χ0n) is 12.6. The number of aromatic nitrogens is 2. The molecular formula is C14H16F2N4O3. The number of rotatable bonds is 6. The molecule has 0 spiro atoms. The van der Waals surface area contributed by atoms with Gasteiger partial charge in [-0.3, -0.25) is 0 Å². The van der Waals surface area contributed by atoms with Crippen molar-refractivity contribution in [2.75, 3.05) is 11.9 Å².